The molecule has 2 aromatic rings. The molecule has 0 bridgehead atoms. The van der Waals surface area contributed by atoms with E-state index < -0.39 is 0 Å². The van der Waals surface area contributed by atoms with Gasteiger partial charge in [-0.25, -0.2) is 4.98 Å². The van der Waals surface area contributed by atoms with Crippen LogP contribution in [0.15, 0.2) is 30.5 Å². The first-order valence-corrected chi connectivity index (χ1v) is 6.03. The minimum Gasteiger partial charge on any atom is -0.357 e. The van der Waals surface area contributed by atoms with Crippen LogP contribution < -0.4 is 0 Å². The summed E-state index contributed by atoms with van der Waals surface area (Å²) in [5, 5.41) is 0.649. The van der Waals surface area contributed by atoms with Crippen molar-refractivity contribution >= 4 is 29.1 Å². The second kappa shape index (κ2) is 5.42. The number of rotatable bonds is 3. The lowest BCUT2D eigenvalue weighted by molar-refractivity contribution is 0.0780. The topological polar surface area (TPSA) is 49.0 Å². The first kappa shape index (κ1) is 12.9. The lowest BCUT2D eigenvalue weighted by Gasteiger charge is -2.16. The maximum atomic E-state index is 12.0. The Hall–Kier alpha value is -1.52. The number of aromatic amines is 1. The van der Waals surface area contributed by atoms with Gasteiger partial charge in [0, 0.05) is 25.4 Å². The number of H-pyrrole nitrogens is 1. The summed E-state index contributed by atoms with van der Waals surface area (Å²) >= 11 is 11.7. The highest BCUT2D eigenvalue weighted by Gasteiger charge is 2.14. The molecule has 0 atom stereocenters. The van der Waals surface area contributed by atoms with Crippen molar-refractivity contribution in [3.05, 3.63) is 52.0 Å². The second-order valence-corrected chi connectivity index (χ2v) is 4.57. The third-order valence-corrected chi connectivity index (χ3v) is 3.01. The third kappa shape index (κ3) is 2.83. The molecular formula is C12H11Cl2N3O. The van der Waals surface area contributed by atoms with Gasteiger partial charge in [0.1, 0.15) is 16.0 Å². The van der Waals surface area contributed by atoms with Crippen molar-refractivity contribution in [1.82, 2.24) is 14.9 Å². The summed E-state index contributed by atoms with van der Waals surface area (Å²) in [7, 11) is 1.70. The number of hydrogen-bond donors (Lipinski definition) is 1. The molecule has 0 unspecified atom stereocenters. The maximum absolute atomic E-state index is 12.0. The molecule has 2 heterocycles. The van der Waals surface area contributed by atoms with Gasteiger partial charge < -0.3 is 9.88 Å². The molecule has 1 amide bonds. The van der Waals surface area contributed by atoms with E-state index in [-0.39, 0.29) is 5.91 Å². The van der Waals surface area contributed by atoms with Crippen LogP contribution in [0.1, 0.15) is 16.1 Å². The average molecular weight is 284 g/mol. The Bertz CT molecular complexity index is 554. The molecule has 0 aliphatic heterocycles. The molecule has 2 aromatic heterocycles. The van der Waals surface area contributed by atoms with Crippen molar-refractivity contribution in [2.45, 2.75) is 6.54 Å². The van der Waals surface area contributed by atoms with E-state index in [9.17, 15) is 4.79 Å². The van der Waals surface area contributed by atoms with E-state index in [2.05, 4.69) is 9.97 Å². The standard InChI is InChI=1S/C12H11Cl2N3O/c1-17(12(18)9-3-2-6-15-9)7-8-4-5-10(13)16-11(8)14/h2-6,15H,7H2,1H3. The molecule has 2 rings (SSSR count). The Kier molecular flexibility index (Phi) is 3.89. The number of hydrogen-bond acceptors (Lipinski definition) is 2. The van der Waals surface area contributed by atoms with Gasteiger partial charge in [0.05, 0.1) is 0 Å². The highest BCUT2D eigenvalue weighted by atomic mass is 35.5. The Morgan fingerprint density at radius 2 is 2.17 bits per heavy atom. The van der Waals surface area contributed by atoms with E-state index in [0.29, 0.717) is 22.5 Å². The van der Waals surface area contributed by atoms with Crippen LogP contribution in [-0.4, -0.2) is 27.8 Å². The van der Waals surface area contributed by atoms with Crippen LogP contribution in [0.3, 0.4) is 0 Å². The Labute approximate surface area is 115 Å². The van der Waals surface area contributed by atoms with Crippen LogP contribution in [-0.2, 0) is 6.54 Å². The van der Waals surface area contributed by atoms with Crippen LogP contribution >= 0.6 is 23.2 Å². The molecule has 0 aliphatic carbocycles. The minimum absolute atomic E-state index is 0.106. The monoisotopic (exact) mass is 283 g/mol. The zero-order chi connectivity index (χ0) is 13.1. The Morgan fingerprint density at radius 1 is 1.39 bits per heavy atom. The number of nitrogens with one attached hydrogen (secondary N) is 1. The molecule has 0 aromatic carbocycles. The molecule has 18 heavy (non-hydrogen) atoms. The maximum Gasteiger partial charge on any atom is 0.270 e. The fourth-order valence-corrected chi connectivity index (χ4v) is 1.96. The van der Waals surface area contributed by atoms with Crippen LogP contribution in [0.4, 0.5) is 0 Å². The fourth-order valence-electron chi connectivity index (χ4n) is 1.56. The molecule has 0 saturated heterocycles. The zero-order valence-electron chi connectivity index (χ0n) is 9.65. The third-order valence-electron chi connectivity index (χ3n) is 2.47. The van der Waals surface area contributed by atoms with Gasteiger partial charge in [-0.2, -0.15) is 0 Å². The molecule has 0 radical (unpaired) electrons. The summed E-state index contributed by atoms with van der Waals surface area (Å²) in [4.78, 5) is 20.4. The van der Waals surface area contributed by atoms with E-state index in [4.69, 9.17) is 23.2 Å². The lowest BCUT2D eigenvalue weighted by Crippen LogP contribution is -2.26. The molecule has 94 valence electrons. The van der Waals surface area contributed by atoms with Gasteiger partial charge in [-0.1, -0.05) is 29.3 Å². The van der Waals surface area contributed by atoms with Crippen molar-refractivity contribution in [1.29, 1.82) is 0 Å². The highest BCUT2D eigenvalue weighted by molar-refractivity contribution is 6.32. The second-order valence-electron chi connectivity index (χ2n) is 3.83. The van der Waals surface area contributed by atoms with E-state index in [1.807, 2.05) is 0 Å². The van der Waals surface area contributed by atoms with Crippen LogP contribution in [0.2, 0.25) is 10.3 Å². The van der Waals surface area contributed by atoms with Crippen molar-refractivity contribution in [2.75, 3.05) is 7.05 Å². The summed E-state index contributed by atoms with van der Waals surface area (Å²) in [5.41, 5.74) is 1.29. The number of pyridine rings is 1. The summed E-state index contributed by atoms with van der Waals surface area (Å²) < 4.78 is 0. The molecule has 0 aliphatic rings. The van der Waals surface area contributed by atoms with Crippen molar-refractivity contribution in [3.8, 4) is 0 Å². The number of nitrogens with zero attached hydrogens (tertiary/aromatic N) is 2. The highest BCUT2D eigenvalue weighted by Crippen LogP contribution is 2.18. The van der Waals surface area contributed by atoms with Gasteiger partial charge in [-0.05, 0) is 18.2 Å². The number of amides is 1. The van der Waals surface area contributed by atoms with Crippen molar-refractivity contribution in [3.63, 3.8) is 0 Å². The Morgan fingerprint density at radius 3 is 2.78 bits per heavy atom. The predicted octanol–water partition coefficient (Wildman–Crippen LogP) is 2.99. The largest absolute Gasteiger partial charge is 0.357 e. The fraction of sp³-hybridized carbons (Fsp3) is 0.167. The normalized spacial score (nSPS) is 10.4. The van der Waals surface area contributed by atoms with Crippen LogP contribution in [0.25, 0.3) is 0 Å². The summed E-state index contributed by atoms with van der Waals surface area (Å²) in [5.74, 6) is -0.106. The van der Waals surface area contributed by atoms with Gasteiger partial charge in [-0.15, -0.1) is 0 Å². The van der Waals surface area contributed by atoms with Crippen LogP contribution in [0.5, 0.6) is 0 Å². The molecule has 1 N–H and O–H groups in total. The number of halogens is 2. The Balaban J connectivity index is 2.11. The molecule has 0 fully saturated rings. The number of carbonyl (C=O) groups excluding carboxylic acids is 1. The molecule has 0 spiro atoms. The minimum atomic E-state index is -0.106. The average Bonchev–Trinajstić information content (AvgIpc) is 2.85. The van der Waals surface area contributed by atoms with E-state index in [0.717, 1.165) is 5.56 Å². The van der Waals surface area contributed by atoms with E-state index in [1.54, 1.807) is 42.4 Å². The van der Waals surface area contributed by atoms with Crippen LogP contribution in [0, 0.1) is 0 Å². The smallest absolute Gasteiger partial charge is 0.270 e. The summed E-state index contributed by atoms with van der Waals surface area (Å²) in [6.07, 6.45) is 1.71. The van der Waals surface area contributed by atoms with Gasteiger partial charge in [-0.3, -0.25) is 4.79 Å². The summed E-state index contributed by atoms with van der Waals surface area (Å²) in [6.45, 7) is 0.376. The predicted molar refractivity (Wildman–Crippen MR) is 70.8 cm³/mol. The van der Waals surface area contributed by atoms with Crippen molar-refractivity contribution in [2.24, 2.45) is 0 Å². The number of carbonyl (C=O) groups is 1. The molecule has 0 saturated carbocycles. The zero-order valence-corrected chi connectivity index (χ0v) is 11.2. The molecular weight excluding hydrogens is 273 g/mol. The van der Waals surface area contributed by atoms with E-state index in [1.165, 1.54) is 0 Å². The van der Waals surface area contributed by atoms with E-state index >= 15 is 0 Å². The molecule has 6 heteroatoms. The summed E-state index contributed by atoms with van der Waals surface area (Å²) in [6, 6.07) is 6.91. The quantitative estimate of drug-likeness (QED) is 0.881. The van der Waals surface area contributed by atoms with Gasteiger partial charge in [0.2, 0.25) is 0 Å². The van der Waals surface area contributed by atoms with Gasteiger partial charge in [0.25, 0.3) is 5.91 Å². The lowest BCUT2D eigenvalue weighted by atomic mass is 10.2. The first-order valence-electron chi connectivity index (χ1n) is 5.27. The van der Waals surface area contributed by atoms with Gasteiger partial charge in [0.15, 0.2) is 0 Å². The van der Waals surface area contributed by atoms with Gasteiger partial charge >= 0.3 is 0 Å². The number of aromatic nitrogens is 2. The van der Waals surface area contributed by atoms with Crippen molar-refractivity contribution < 1.29 is 4.79 Å². The SMILES string of the molecule is CN(Cc1ccc(Cl)nc1Cl)C(=O)c1ccc[nH]1. The molecule has 4 nitrogen and oxygen atoms in total. The first-order chi connectivity index (χ1) is 8.58.